The van der Waals surface area contributed by atoms with Crippen molar-refractivity contribution in [1.29, 1.82) is 0 Å². The number of nitrogens with one attached hydrogen (secondary N) is 1. The number of sulfonamides is 1. The molecule has 14 heteroatoms. The minimum absolute atomic E-state index is 0.0574. The molecule has 5 rings (SSSR count). The van der Waals surface area contributed by atoms with Gasteiger partial charge in [0.1, 0.15) is 28.3 Å². The molecule has 1 fully saturated rings. The van der Waals surface area contributed by atoms with Crippen LogP contribution in [0.3, 0.4) is 0 Å². The van der Waals surface area contributed by atoms with E-state index in [1.165, 1.54) is 25.0 Å². The third-order valence-corrected chi connectivity index (χ3v) is 7.39. The number of ether oxygens (including phenoxy) is 3. The number of benzene rings is 1. The Morgan fingerprint density at radius 3 is 2.42 bits per heavy atom. The van der Waals surface area contributed by atoms with Gasteiger partial charge >= 0.3 is 0 Å². The van der Waals surface area contributed by atoms with Crippen LogP contribution in [0.2, 0.25) is 0 Å². The third-order valence-electron chi connectivity index (χ3n) is 5.66. The van der Waals surface area contributed by atoms with E-state index in [0.29, 0.717) is 22.9 Å². The lowest BCUT2D eigenvalue weighted by atomic mass is 10.1. The number of rotatable bonds is 8. The molecule has 1 aliphatic rings. The van der Waals surface area contributed by atoms with Crippen molar-refractivity contribution >= 4 is 16.0 Å². The van der Waals surface area contributed by atoms with E-state index >= 15 is 0 Å². The second-order valence-electron chi connectivity index (χ2n) is 7.76. The van der Waals surface area contributed by atoms with Crippen LogP contribution in [0.5, 0.6) is 11.5 Å². The predicted molar refractivity (Wildman–Crippen MR) is 124 cm³/mol. The van der Waals surface area contributed by atoms with Crippen LogP contribution in [0.4, 0.5) is 10.3 Å². The first kappa shape index (κ1) is 23.7. The highest BCUT2D eigenvalue weighted by Gasteiger charge is 2.42. The first-order valence-corrected chi connectivity index (χ1v) is 12.2. The maximum Gasteiger partial charge on any atom is 0.243 e. The fraction of sp³-hybridized carbons (Fsp3) is 0.273. The Labute approximate surface area is 205 Å². The summed E-state index contributed by atoms with van der Waals surface area (Å²) in [6, 6.07) is 8.43. The van der Waals surface area contributed by atoms with Crippen LogP contribution in [-0.2, 0) is 14.8 Å². The van der Waals surface area contributed by atoms with Crippen LogP contribution in [0.1, 0.15) is 11.7 Å². The molecular weight excluding hydrogens is 495 g/mol. The Morgan fingerprint density at radius 1 is 1.06 bits per heavy atom. The number of hydrogen-bond donors (Lipinski definition) is 1. The zero-order chi connectivity index (χ0) is 25.3. The number of halogens is 1. The van der Waals surface area contributed by atoms with Gasteiger partial charge in [0.15, 0.2) is 11.6 Å². The van der Waals surface area contributed by atoms with Gasteiger partial charge in [-0.2, -0.15) is 0 Å². The monoisotopic (exact) mass is 516 g/mol. The maximum absolute atomic E-state index is 13.6. The average molecular weight is 517 g/mol. The summed E-state index contributed by atoms with van der Waals surface area (Å²) in [5, 5.41) is 7.19. The van der Waals surface area contributed by atoms with Crippen LogP contribution < -0.4 is 14.2 Å². The molecule has 0 radical (unpaired) electrons. The van der Waals surface area contributed by atoms with Gasteiger partial charge in [0, 0.05) is 0 Å². The van der Waals surface area contributed by atoms with E-state index in [1.54, 1.807) is 30.3 Å². The molecular formula is C22H21FN6O6S. The third kappa shape index (κ3) is 4.24. The van der Waals surface area contributed by atoms with Crippen molar-refractivity contribution in [3.05, 3.63) is 60.6 Å². The van der Waals surface area contributed by atoms with Gasteiger partial charge in [-0.15, -0.1) is 10.2 Å². The van der Waals surface area contributed by atoms with Crippen molar-refractivity contribution in [2.45, 2.75) is 11.2 Å². The zero-order valence-electron chi connectivity index (χ0n) is 19.2. The molecule has 0 bridgehead atoms. The van der Waals surface area contributed by atoms with Gasteiger partial charge in [-0.25, -0.2) is 22.8 Å². The van der Waals surface area contributed by atoms with Crippen LogP contribution in [0, 0.1) is 5.82 Å². The van der Waals surface area contributed by atoms with E-state index in [-0.39, 0.29) is 30.8 Å². The van der Waals surface area contributed by atoms with Gasteiger partial charge < -0.3 is 18.6 Å². The number of para-hydroxylation sites is 1. The highest BCUT2D eigenvalue weighted by atomic mass is 32.2. The molecule has 1 aliphatic heterocycles. The summed E-state index contributed by atoms with van der Waals surface area (Å²) >= 11 is 0. The van der Waals surface area contributed by atoms with E-state index in [4.69, 9.17) is 18.6 Å². The van der Waals surface area contributed by atoms with E-state index in [1.807, 2.05) is 0 Å². The van der Waals surface area contributed by atoms with Gasteiger partial charge in [-0.05, 0) is 24.3 Å². The lowest BCUT2D eigenvalue weighted by Crippen LogP contribution is -2.34. The molecule has 4 aromatic rings. The number of hydrogen-bond acceptors (Lipinski definition) is 10. The molecule has 2 unspecified atom stereocenters. The molecule has 2 atom stereocenters. The summed E-state index contributed by atoms with van der Waals surface area (Å²) in [7, 11) is -1.18. The minimum atomic E-state index is -4.13. The SMILES string of the molecule is COc1cccc(OC)c1-n1c(NS(=O)(=O)C2COCC2c2ncc(F)cn2)nnc1-c1ccco1. The molecule has 188 valence electrons. The highest BCUT2D eigenvalue weighted by Crippen LogP contribution is 2.38. The molecule has 36 heavy (non-hydrogen) atoms. The van der Waals surface area contributed by atoms with E-state index < -0.39 is 27.0 Å². The van der Waals surface area contributed by atoms with Gasteiger partial charge in [0.05, 0.1) is 52.0 Å². The molecule has 1 saturated heterocycles. The standard InChI is InChI=1S/C22H21FN6O6S/c1-32-15-5-3-6-16(33-2)19(15)29-21(17-7-4-8-35-17)26-27-22(29)28-36(30,31)18-12-34-11-14(18)20-24-9-13(23)10-25-20/h3-10,14,18H,11-12H2,1-2H3,(H,27,28). The quantitative estimate of drug-likeness (QED) is 0.371. The Kier molecular flexibility index (Phi) is 6.28. The zero-order valence-corrected chi connectivity index (χ0v) is 20.0. The molecule has 1 N–H and O–H groups in total. The summed E-state index contributed by atoms with van der Waals surface area (Å²) < 4.78 is 66.4. The highest BCUT2D eigenvalue weighted by molar-refractivity contribution is 7.93. The van der Waals surface area contributed by atoms with Crippen LogP contribution in [0.25, 0.3) is 17.3 Å². The topological polar surface area (TPSA) is 143 Å². The van der Waals surface area contributed by atoms with E-state index in [2.05, 4.69) is 24.9 Å². The van der Waals surface area contributed by atoms with E-state index in [0.717, 1.165) is 12.4 Å². The number of anilines is 1. The number of nitrogens with zero attached hydrogens (tertiary/aromatic N) is 5. The van der Waals surface area contributed by atoms with Crippen LogP contribution in [-0.4, -0.2) is 65.8 Å². The molecule has 0 aliphatic carbocycles. The average Bonchev–Trinajstić information content (AvgIpc) is 3.65. The molecule has 3 aromatic heterocycles. The lowest BCUT2D eigenvalue weighted by Gasteiger charge is -2.20. The molecule has 0 saturated carbocycles. The van der Waals surface area contributed by atoms with Crippen LogP contribution in [0.15, 0.2) is 53.4 Å². The van der Waals surface area contributed by atoms with Gasteiger partial charge in [0.25, 0.3) is 0 Å². The first-order valence-electron chi connectivity index (χ1n) is 10.7. The molecule has 1 aromatic carbocycles. The van der Waals surface area contributed by atoms with Crippen molar-refractivity contribution in [1.82, 2.24) is 24.7 Å². The van der Waals surface area contributed by atoms with Crippen molar-refractivity contribution in [3.63, 3.8) is 0 Å². The summed E-state index contributed by atoms with van der Waals surface area (Å²) in [6.07, 6.45) is 3.43. The number of aromatic nitrogens is 5. The molecule has 0 amide bonds. The summed E-state index contributed by atoms with van der Waals surface area (Å²) in [5.74, 6) is -0.00900. The van der Waals surface area contributed by atoms with Crippen molar-refractivity contribution in [2.75, 3.05) is 32.2 Å². The maximum atomic E-state index is 13.6. The fourth-order valence-electron chi connectivity index (χ4n) is 3.98. The lowest BCUT2D eigenvalue weighted by molar-refractivity contribution is 0.193. The van der Waals surface area contributed by atoms with Gasteiger partial charge in [0.2, 0.25) is 21.8 Å². The Hall–Kier alpha value is -4.04. The second kappa shape index (κ2) is 9.54. The van der Waals surface area contributed by atoms with Crippen molar-refractivity contribution < 1.29 is 31.4 Å². The normalized spacial score (nSPS) is 17.8. The second-order valence-corrected chi connectivity index (χ2v) is 9.66. The largest absolute Gasteiger partial charge is 0.494 e. The van der Waals surface area contributed by atoms with E-state index in [9.17, 15) is 12.8 Å². The smallest absolute Gasteiger partial charge is 0.243 e. The summed E-state index contributed by atoms with van der Waals surface area (Å²) in [4.78, 5) is 7.88. The Morgan fingerprint density at radius 2 is 1.78 bits per heavy atom. The number of methoxy groups -OCH3 is 2. The molecule has 0 spiro atoms. The first-order chi connectivity index (χ1) is 17.4. The molecule has 12 nitrogen and oxygen atoms in total. The summed E-state index contributed by atoms with van der Waals surface area (Å²) in [5.41, 5.74) is 0.359. The predicted octanol–water partition coefficient (Wildman–Crippen LogP) is 2.40. The molecule has 4 heterocycles. The fourth-order valence-corrected chi connectivity index (χ4v) is 5.42. The van der Waals surface area contributed by atoms with Gasteiger partial charge in [-0.1, -0.05) is 6.07 Å². The summed E-state index contributed by atoms with van der Waals surface area (Å²) in [6.45, 7) is -0.0558. The Balaban J connectivity index is 1.59. The van der Waals surface area contributed by atoms with Crippen molar-refractivity contribution in [3.8, 4) is 28.8 Å². The minimum Gasteiger partial charge on any atom is -0.494 e. The van der Waals surface area contributed by atoms with Crippen LogP contribution >= 0.6 is 0 Å². The Bertz CT molecular complexity index is 1440. The van der Waals surface area contributed by atoms with Crippen molar-refractivity contribution in [2.24, 2.45) is 0 Å². The van der Waals surface area contributed by atoms with Gasteiger partial charge in [-0.3, -0.25) is 9.29 Å². The number of furan rings is 1.